The molecular formula is C17H15NO4. The number of rotatable bonds is 4. The molecule has 2 aromatic rings. The zero-order valence-electron chi connectivity index (χ0n) is 12.0. The van der Waals surface area contributed by atoms with Crippen LogP contribution in [0, 0.1) is 0 Å². The molecule has 1 aliphatic rings. The van der Waals surface area contributed by atoms with Crippen LogP contribution in [0.4, 0.5) is 5.69 Å². The van der Waals surface area contributed by atoms with Crippen LogP contribution in [-0.2, 0) is 10.4 Å². The minimum absolute atomic E-state index is 0.297. The fourth-order valence-electron chi connectivity index (χ4n) is 2.58. The van der Waals surface area contributed by atoms with Gasteiger partial charge in [-0.15, -0.1) is 0 Å². The number of amides is 1. The molecule has 0 aliphatic carbocycles. The fraction of sp³-hybridized carbons (Fsp3) is 0.176. The topological polar surface area (TPSA) is 75.6 Å². The van der Waals surface area contributed by atoms with Crippen LogP contribution in [-0.4, -0.2) is 23.9 Å². The predicted molar refractivity (Wildman–Crippen MR) is 80.9 cm³/mol. The number of carbonyl (C=O) groups excluding carboxylic acids is 2. The average molecular weight is 297 g/mol. The second-order valence-corrected chi connectivity index (χ2v) is 5.19. The van der Waals surface area contributed by atoms with E-state index in [2.05, 4.69) is 5.32 Å². The molecule has 0 aromatic heterocycles. The van der Waals surface area contributed by atoms with Crippen LogP contribution >= 0.6 is 0 Å². The summed E-state index contributed by atoms with van der Waals surface area (Å²) in [6.07, 6.45) is -0.316. The molecule has 1 aliphatic heterocycles. The molecule has 2 aromatic carbocycles. The van der Waals surface area contributed by atoms with Crippen molar-refractivity contribution in [3.8, 4) is 5.75 Å². The molecule has 0 fully saturated rings. The summed E-state index contributed by atoms with van der Waals surface area (Å²) in [4.78, 5) is 24.5. The maximum atomic E-state index is 12.3. The number of hydrogen-bond acceptors (Lipinski definition) is 4. The Balaban J connectivity index is 1.96. The van der Waals surface area contributed by atoms with Gasteiger partial charge in [0.05, 0.1) is 13.5 Å². The van der Waals surface area contributed by atoms with Gasteiger partial charge in [0.25, 0.3) is 5.91 Å². The normalized spacial score (nSPS) is 19.5. The predicted octanol–water partition coefficient (Wildman–Crippen LogP) is 2.11. The Morgan fingerprint density at radius 1 is 1.23 bits per heavy atom. The Hall–Kier alpha value is -2.66. The fourth-order valence-corrected chi connectivity index (χ4v) is 2.58. The Kier molecular flexibility index (Phi) is 3.42. The van der Waals surface area contributed by atoms with Crippen LogP contribution in [0.25, 0.3) is 0 Å². The van der Waals surface area contributed by atoms with Gasteiger partial charge in [0, 0.05) is 16.8 Å². The first-order chi connectivity index (χ1) is 10.5. The molecule has 0 radical (unpaired) electrons. The summed E-state index contributed by atoms with van der Waals surface area (Å²) >= 11 is 0. The number of nitrogens with one attached hydrogen (secondary N) is 1. The third kappa shape index (κ3) is 2.25. The van der Waals surface area contributed by atoms with Gasteiger partial charge in [-0.2, -0.15) is 0 Å². The molecule has 0 unspecified atom stereocenters. The molecule has 0 saturated heterocycles. The molecule has 2 N–H and O–H groups in total. The summed E-state index contributed by atoms with van der Waals surface area (Å²) in [5, 5.41) is 13.4. The van der Waals surface area contributed by atoms with Gasteiger partial charge in [-0.05, 0) is 18.2 Å². The molecule has 112 valence electrons. The maximum Gasteiger partial charge on any atom is 0.261 e. The van der Waals surface area contributed by atoms with E-state index in [4.69, 9.17) is 4.74 Å². The van der Waals surface area contributed by atoms with Gasteiger partial charge in [-0.3, -0.25) is 9.59 Å². The lowest BCUT2D eigenvalue weighted by molar-refractivity contribution is -0.133. The van der Waals surface area contributed by atoms with Crippen LogP contribution in [0.1, 0.15) is 22.3 Å². The Morgan fingerprint density at radius 2 is 1.95 bits per heavy atom. The molecule has 5 heteroatoms. The molecule has 1 atom stereocenters. The van der Waals surface area contributed by atoms with Crippen molar-refractivity contribution in [3.05, 3.63) is 59.7 Å². The molecular weight excluding hydrogens is 282 g/mol. The van der Waals surface area contributed by atoms with Gasteiger partial charge in [-0.1, -0.05) is 30.3 Å². The highest BCUT2D eigenvalue weighted by molar-refractivity contribution is 6.09. The van der Waals surface area contributed by atoms with E-state index in [1.54, 1.807) is 48.5 Å². The van der Waals surface area contributed by atoms with E-state index in [0.29, 0.717) is 22.6 Å². The number of ether oxygens (including phenoxy) is 1. The van der Waals surface area contributed by atoms with Crippen molar-refractivity contribution >= 4 is 17.4 Å². The number of benzene rings is 2. The van der Waals surface area contributed by atoms with E-state index < -0.39 is 11.5 Å². The molecule has 1 amide bonds. The maximum absolute atomic E-state index is 12.3. The lowest BCUT2D eigenvalue weighted by Crippen LogP contribution is -2.36. The number of aliphatic hydroxyl groups is 1. The number of ketones is 1. The highest BCUT2D eigenvalue weighted by Gasteiger charge is 2.47. The highest BCUT2D eigenvalue weighted by Crippen LogP contribution is 2.40. The van der Waals surface area contributed by atoms with Crippen molar-refractivity contribution in [3.63, 3.8) is 0 Å². The monoisotopic (exact) mass is 297 g/mol. The average Bonchev–Trinajstić information content (AvgIpc) is 2.79. The summed E-state index contributed by atoms with van der Waals surface area (Å²) in [7, 11) is 1.50. The molecule has 1 heterocycles. The molecule has 22 heavy (non-hydrogen) atoms. The summed E-state index contributed by atoms with van der Waals surface area (Å²) in [5.41, 5.74) is -0.563. The first-order valence-corrected chi connectivity index (χ1v) is 6.85. The third-order valence-electron chi connectivity index (χ3n) is 3.81. The van der Waals surface area contributed by atoms with Crippen molar-refractivity contribution < 1.29 is 19.4 Å². The van der Waals surface area contributed by atoms with Crippen molar-refractivity contribution in [2.75, 3.05) is 12.4 Å². The van der Waals surface area contributed by atoms with Gasteiger partial charge >= 0.3 is 0 Å². The van der Waals surface area contributed by atoms with E-state index in [1.165, 1.54) is 7.11 Å². The van der Waals surface area contributed by atoms with Crippen molar-refractivity contribution in [2.45, 2.75) is 12.0 Å². The van der Waals surface area contributed by atoms with E-state index >= 15 is 0 Å². The SMILES string of the molecule is COc1ccc2c(c1)[C@](O)(CC(=O)c1ccccc1)C(=O)N2. The molecule has 5 nitrogen and oxygen atoms in total. The third-order valence-corrected chi connectivity index (χ3v) is 3.81. The molecule has 0 spiro atoms. The first kappa shape index (κ1) is 14.3. The Bertz CT molecular complexity index is 742. The molecule has 0 bridgehead atoms. The zero-order chi connectivity index (χ0) is 15.7. The van der Waals surface area contributed by atoms with Crippen molar-refractivity contribution in [1.82, 2.24) is 0 Å². The summed E-state index contributed by atoms with van der Waals surface area (Å²) in [6, 6.07) is 13.5. The van der Waals surface area contributed by atoms with Gasteiger partial charge in [0.2, 0.25) is 0 Å². The largest absolute Gasteiger partial charge is 0.497 e. The Labute approximate surface area is 127 Å². The minimum atomic E-state index is -1.88. The van der Waals surface area contributed by atoms with E-state index in [9.17, 15) is 14.7 Å². The van der Waals surface area contributed by atoms with E-state index in [0.717, 1.165) is 0 Å². The standard InChI is InChI=1S/C17H15NO4/c1-22-12-7-8-14-13(9-12)17(21,16(20)18-14)10-15(19)11-5-3-2-4-6-11/h2-9,21H,10H2,1H3,(H,18,20)/t17-/m1/s1. The van der Waals surface area contributed by atoms with Gasteiger partial charge in [0.15, 0.2) is 11.4 Å². The smallest absolute Gasteiger partial charge is 0.261 e. The zero-order valence-corrected chi connectivity index (χ0v) is 12.0. The number of hydrogen-bond donors (Lipinski definition) is 2. The lowest BCUT2D eigenvalue weighted by atomic mass is 9.88. The second kappa shape index (κ2) is 5.27. The van der Waals surface area contributed by atoms with E-state index in [1.807, 2.05) is 0 Å². The van der Waals surface area contributed by atoms with Gasteiger partial charge < -0.3 is 15.2 Å². The van der Waals surface area contributed by atoms with E-state index in [-0.39, 0.29) is 12.2 Å². The lowest BCUT2D eigenvalue weighted by Gasteiger charge is -2.20. The number of methoxy groups -OCH3 is 1. The Morgan fingerprint density at radius 3 is 2.64 bits per heavy atom. The van der Waals surface area contributed by atoms with Crippen LogP contribution < -0.4 is 10.1 Å². The number of fused-ring (bicyclic) bond motifs is 1. The van der Waals surface area contributed by atoms with Gasteiger partial charge in [0.1, 0.15) is 5.75 Å². The summed E-state index contributed by atoms with van der Waals surface area (Å²) in [6.45, 7) is 0. The molecule has 3 rings (SSSR count). The van der Waals surface area contributed by atoms with Crippen LogP contribution in [0.3, 0.4) is 0 Å². The molecule has 0 saturated carbocycles. The number of Topliss-reactive ketones (excluding diaryl/α,β-unsaturated/α-hetero) is 1. The number of anilines is 1. The second-order valence-electron chi connectivity index (χ2n) is 5.19. The van der Waals surface area contributed by atoms with Crippen LogP contribution in [0.5, 0.6) is 5.75 Å². The number of carbonyl (C=O) groups is 2. The summed E-state index contributed by atoms with van der Waals surface area (Å²) < 4.78 is 5.12. The quantitative estimate of drug-likeness (QED) is 0.848. The summed E-state index contributed by atoms with van der Waals surface area (Å²) in [5.74, 6) is -0.380. The first-order valence-electron chi connectivity index (χ1n) is 6.85. The van der Waals surface area contributed by atoms with Crippen LogP contribution in [0.15, 0.2) is 48.5 Å². The van der Waals surface area contributed by atoms with Gasteiger partial charge in [-0.25, -0.2) is 0 Å². The van der Waals surface area contributed by atoms with Crippen molar-refractivity contribution in [2.24, 2.45) is 0 Å². The van der Waals surface area contributed by atoms with Crippen LogP contribution in [0.2, 0.25) is 0 Å². The van der Waals surface area contributed by atoms with Crippen molar-refractivity contribution in [1.29, 1.82) is 0 Å². The minimum Gasteiger partial charge on any atom is -0.497 e. The highest BCUT2D eigenvalue weighted by atomic mass is 16.5.